The van der Waals surface area contributed by atoms with Gasteiger partial charge in [-0.1, -0.05) is 0 Å². The van der Waals surface area contributed by atoms with Crippen molar-refractivity contribution in [3.8, 4) is 0 Å². The molecule has 0 fully saturated rings. The molecule has 0 aromatic carbocycles. The molecule has 4 heteroatoms. The van der Waals surface area contributed by atoms with E-state index in [9.17, 15) is 0 Å². The SMILES string of the molecule is S.[Ni+2].[S]=[Cu]. The Morgan fingerprint density at radius 3 is 1.25 bits per heavy atom. The van der Waals surface area contributed by atoms with Crippen molar-refractivity contribution >= 4 is 24.0 Å². The molecule has 0 aromatic heterocycles. The van der Waals surface area contributed by atoms with Crippen LogP contribution in [-0.2, 0) is 30.9 Å². The van der Waals surface area contributed by atoms with Crippen molar-refractivity contribution < 1.29 is 30.9 Å². The molecule has 4 heavy (non-hydrogen) atoms. The fraction of sp³-hybridized carbons (Fsp3) is 0. The van der Waals surface area contributed by atoms with Crippen LogP contribution >= 0.6 is 24.0 Å². The van der Waals surface area contributed by atoms with E-state index in [1.165, 1.54) is 0 Å². The third kappa shape index (κ3) is 9.54. The standard InChI is InChI=1S/Cu.Ni.H2S.S/h;;1H2;/q;+2;;. The molecular formula is H2CuNiS2+2. The fourth-order valence-electron chi connectivity index (χ4n) is 0. The maximum atomic E-state index is 3.77. The second-order valence-corrected chi connectivity index (χ2v) is 0. The maximum absolute atomic E-state index is 3.77. The molecule has 0 saturated heterocycles. The van der Waals surface area contributed by atoms with E-state index in [1.54, 1.807) is 0 Å². The Labute approximate surface area is 54.8 Å². The summed E-state index contributed by atoms with van der Waals surface area (Å²) in [6.45, 7) is 0. The Balaban J connectivity index is -0.00000000500. The molecule has 0 spiro atoms. The van der Waals surface area contributed by atoms with Gasteiger partial charge < -0.3 is 0 Å². The Kier molecular flexibility index (Phi) is 103. The molecule has 0 aromatic rings. The minimum absolute atomic E-state index is 0. The molecule has 0 saturated carbocycles. The van der Waals surface area contributed by atoms with Crippen molar-refractivity contribution in [3.05, 3.63) is 0 Å². The second-order valence-electron chi connectivity index (χ2n) is 0. The van der Waals surface area contributed by atoms with Gasteiger partial charge in [0.15, 0.2) is 0 Å². The van der Waals surface area contributed by atoms with E-state index in [4.69, 9.17) is 0 Å². The van der Waals surface area contributed by atoms with Gasteiger partial charge in [-0.2, -0.15) is 13.5 Å². The van der Waals surface area contributed by atoms with E-state index in [0.717, 1.165) is 0 Å². The average Bonchev–Trinajstić information content (AvgIpc) is 1.00. The van der Waals surface area contributed by atoms with E-state index >= 15 is 0 Å². The van der Waals surface area contributed by atoms with Crippen molar-refractivity contribution in [3.63, 3.8) is 0 Å². The predicted octanol–water partition coefficient (Wildman–Crippen LogP) is 0.756. The van der Waals surface area contributed by atoms with Crippen molar-refractivity contribution in [1.29, 1.82) is 0 Å². The fourth-order valence-corrected chi connectivity index (χ4v) is 0. The molecule has 0 aliphatic heterocycles. The molecule has 0 aliphatic rings. The van der Waals surface area contributed by atoms with Crippen LogP contribution in [0.5, 0.6) is 0 Å². The molecule has 0 rings (SSSR count). The topological polar surface area (TPSA) is 0 Å². The molecule has 0 aliphatic carbocycles. The molecule has 0 bridgehead atoms. The molecule has 0 unspecified atom stereocenters. The summed E-state index contributed by atoms with van der Waals surface area (Å²) in [6.07, 6.45) is 0. The van der Waals surface area contributed by atoms with E-state index in [0.29, 0.717) is 0 Å². The second kappa shape index (κ2) is 23.5. The normalized spacial score (nSPS) is 1.50. The average molecular weight is 188 g/mol. The van der Waals surface area contributed by atoms with Gasteiger partial charge >= 0.3 is 41.4 Å². The zero-order chi connectivity index (χ0) is 2.00. The van der Waals surface area contributed by atoms with Gasteiger partial charge in [0.05, 0.1) is 0 Å². The summed E-state index contributed by atoms with van der Waals surface area (Å²) in [5, 5.41) is 0. The summed E-state index contributed by atoms with van der Waals surface area (Å²) in [5.74, 6) is 0. The summed E-state index contributed by atoms with van der Waals surface area (Å²) in [6, 6.07) is 0. The predicted molar refractivity (Wildman–Crippen MR) is 18.0 cm³/mol. The molecule has 0 nitrogen and oxygen atoms in total. The molecule has 0 heterocycles. The van der Waals surface area contributed by atoms with Gasteiger partial charge in [0.25, 0.3) is 0 Å². The minimum atomic E-state index is 0. The van der Waals surface area contributed by atoms with Crippen molar-refractivity contribution in [2.24, 2.45) is 0 Å². The molecule has 0 N–H and O–H groups in total. The zero-order valence-corrected chi connectivity index (χ0v) is 5.27. The number of hydrogen-bond donors (Lipinski definition) is 0. The van der Waals surface area contributed by atoms with Gasteiger partial charge in [-0.15, -0.1) is 0 Å². The first-order valence-corrected chi connectivity index (χ1v) is 1.52. The molecule has 33 valence electrons. The van der Waals surface area contributed by atoms with E-state index in [1.807, 2.05) is 0 Å². The van der Waals surface area contributed by atoms with Gasteiger partial charge in [0.1, 0.15) is 0 Å². The Bertz CT molecular complexity index is 6.00. The quantitative estimate of drug-likeness (QED) is 0.506. The van der Waals surface area contributed by atoms with Gasteiger partial charge in [0, 0.05) is 0 Å². The summed E-state index contributed by atoms with van der Waals surface area (Å²) in [5.41, 5.74) is 0. The molecular weight excluding hydrogens is 186 g/mol. The van der Waals surface area contributed by atoms with Crippen LogP contribution in [0.25, 0.3) is 0 Å². The van der Waals surface area contributed by atoms with Crippen LogP contribution < -0.4 is 0 Å². The number of hydrogen-bond acceptors (Lipinski definition) is 1. The van der Waals surface area contributed by atoms with Crippen molar-refractivity contribution in [1.82, 2.24) is 0 Å². The van der Waals surface area contributed by atoms with E-state index in [-0.39, 0.29) is 30.0 Å². The number of rotatable bonds is 0. The summed E-state index contributed by atoms with van der Waals surface area (Å²) in [7, 11) is 3.65. The monoisotopic (exact) mass is 187 g/mol. The van der Waals surface area contributed by atoms with Crippen molar-refractivity contribution in [2.75, 3.05) is 0 Å². The van der Waals surface area contributed by atoms with Gasteiger partial charge in [0.2, 0.25) is 0 Å². The van der Waals surface area contributed by atoms with Crippen molar-refractivity contribution in [2.45, 2.75) is 0 Å². The van der Waals surface area contributed by atoms with Crippen LogP contribution in [-0.4, -0.2) is 0 Å². The van der Waals surface area contributed by atoms with Gasteiger partial charge in [-0.05, 0) is 0 Å². The first-order chi connectivity index (χ1) is 1.00. The van der Waals surface area contributed by atoms with Crippen LogP contribution in [0.15, 0.2) is 0 Å². The third-order valence-corrected chi connectivity index (χ3v) is 0. The summed E-state index contributed by atoms with van der Waals surface area (Å²) >= 11 is 3.77. The first kappa shape index (κ1) is 17.6. The van der Waals surface area contributed by atoms with Crippen LogP contribution in [0.1, 0.15) is 0 Å². The summed E-state index contributed by atoms with van der Waals surface area (Å²) < 4.78 is 0. The van der Waals surface area contributed by atoms with Crippen LogP contribution in [0, 0.1) is 0 Å². The molecule has 0 radical (unpaired) electrons. The van der Waals surface area contributed by atoms with Gasteiger partial charge in [-0.3, -0.25) is 0 Å². The van der Waals surface area contributed by atoms with E-state index in [2.05, 4.69) is 24.9 Å². The third-order valence-electron chi connectivity index (χ3n) is 0. The Morgan fingerprint density at radius 1 is 1.25 bits per heavy atom. The van der Waals surface area contributed by atoms with Crippen LogP contribution in [0.4, 0.5) is 0 Å². The summed E-state index contributed by atoms with van der Waals surface area (Å²) in [4.78, 5) is 0. The van der Waals surface area contributed by atoms with Crippen LogP contribution in [0.2, 0.25) is 0 Å². The van der Waals surface area contributed by atoms with E-state index < -0.39 is 0 Å². The van der Waals surface area contributed by atoms with Gasteiger partial charge in [-0.25, -0.2) is 0 Å². The Hall–Kier alpha value is 1.58. The molecule has 0 amide bonds. The Morgan fingerprint density at radius 2 is 1.25 bits per heavy atom. The first-order valence-electron chi connectivity index (χ1n) is 0.123. The zero-order valence-electron chi connectivity index (χ0n) is 1.53. The van der Waals surface area contributed by atoms with Crippen LogP contribution in [0.3, 0.4) is 0 Å². The molecule has 0 atom stereocenters.